The summed E-state index contributed by atoms with van der Waals surface area (Å²) in [4.78, 5) is 3.25. The third kappa shape index (κ3) is 107. The van der Waals surface area contributed by atoms with Gasteiger partial charge in [0.05, 0.1) is 7.11 Å². The molecule has 0 unspecified atom stereocenters. The van der Waals surface area contributed by atoms with Crippen LogP contribution in [0.15, 0.2) is 0 Å². The van der Waals surface area contributed by atoms with Crippen molar-refractivity contribution in [3.63, 3.8) is 0 Å². The number of unbranched alkanes of at least 4 members (excludes halogenated alkanes) is 1. The summed E-state index contributed by atoms with van der Waals surface area (Å²) in [6.07, 6.45) is 2.64. The Bertz CT molecular complexity index is 13.6. The highest BCUT2D eigenvalue weighted by atomic mass is 17.1. The predicted molar refractivity (Wildman–Crippen MR) is 30.2 cm³/mol. The average molecular weight is 106 g/mol. The molecule has 2 heteroatoms. The minimum Gasteiger partial charge on any atom is -0.252 e. The first kappa shape index (κ1) is 10.0. The molecule has 46 valence electrons. The molecule has 0 aliphatic carbocycles. The van der Waals surface area contributed by atoms with E-state index in [1.54, 1.807) is 0 Å². The number of hydrogen-bond acceptors (Lipinski definition) is 2. The molecule has 0 rings (SSSR count). The molecule has 0 heterocycles. The van der Waals surface area contributed by atoms with Crippen LogP contribution in [0.3, 0.4) is 0 Å². The molecule has 0 aromatic heterocycles. The van der Waals surface area contributed by atoms with Crippen LogP contribution in [0.5, 0.6) is 0 Å². The Hall–Kier alpha value is -0.0800. The minimum atomic E-state index is 1.18. The molecule has 0 atom stereocenters. The van der Waals surface area contributed by atoms with E-state index in [9.17, 15) is 0 Å². The van der Waals surface area contributed by atoms with E-state index in [-0.39, 0.29) is 0 Å². The van der Waals surface area contributed by atoms with E-state index in [1.165, 1.54) is 20.0 Å². The van der Waals surface area contributed by atoms with E-state index in [1.807, 2.05) is 0 Å². The van der Waals surface area contributed by atoms with Gasteiger partial charge in [-0.1, -0.05) is 26.7 Å². The van der Waals surface area contributed by atoms with Gasteiger partial charge >= 0.3 is 0 Å². The normalized spacial score (nSPS) is 6.86. The van der Waals surface area contributed by atoms with Crippen LogP contribution in [0, 0.1) is 0 Å². The van der Waals surface area contributed by atoms with Crippen LogP contribution < -0.4 is 0 Å². The molecule has 0 fully saturated rings. The van der Waals surface area contributed by atoms with Crippen LogP contribution >= 0.6 is 0 Å². The van der Waals surface area contributed by atoms with Crippen molar-refractivity contribution in [3.8, 4) is 0 Å². The Labute approximate surface area is 45.0 Å². The maximum absolute atomic E-state index is 7.07. The van der Waals surface area contributed by atoms with Crippen molar-refractivity contribution in [2.45, 2.75) is 26.7 Å². The Morgan fingerprint density at radius 1 is 1.29 bits per heavy atom. The van der Waals surface area contributed by atoms with Crippen molar-refractivity contribution in [1.82, 2.24) is 0 Å². The summed E-state index contributed by atoms with van der Waals surface area (Å²) in [6.45, 7) is 4.36. The summed E-state index contributed by atoms with van der Waals surface area (Å²) in [6, 6.07) is 0. The number of rotatable bonds is 1. The van der Waals surface area contributed by atoms with Gasteiger partial charge in [0.25, 0.3) is 0 Å². The molecule has 0 aliphatic rings. The van der Waals surface area contributed by atoms with Crippen molar-refractivity contribution >= 4 is 0 Å². The van der Waals surface area contributed by atoms with Crippen LogP contribution in [0.4, 0.5) is 0 Å². The summed E-state index contributed by atoms with van der Waals surface area (Å²) >= 11 is 0. The lowest BCUT2D eigenvalue weighted by Crippen LogP contribution is -1.57. The van der Waals surface area contributed by atoms with Gasteiger partial charge in [-0.15, -0.1) is 0 Å². The fraction of sp³-hybridized carbons (Fsp3) is 1.00. The molecule has 0 aromatic rings. The van der Waals surface area contributed by atoms with Crippen molar-refractivity contribution in [2.24, 2.45) is 0 Å². The summed E-state index contributed by atoms with van der Waals surface area (Å²) in [7, 11) is 1.18. The van der Waals surface area contributed by atoms with Gasteiger partial charge in [0.15, 0.2) is 0 Å². The lowest BCUT2D eigenvalue weighted by Gasteiger charge is -1.68. The molecule has 0 aliphatic heterocycles. The Balaban J connectivity index is 0. The topological polar surface area (TPSA) is 29.5 Å². The zero-order valence-corrected chi connectivity index (χ0v) is 5.27. The summed E-state index contributed by atoms with van der Waals surface area (Å²) in [5, 5.41) is 7.07. The van der Waals surface area contributed by atoms with E-state index >= 15 is 0 Å². The van der Waals surface area contributed by atoms with Gasteiger partial charge in [-0.3, -0.25) is 5.26 Å². The molecule has 0 aromatic carbocycles. The number of hydrogen-bond donors (Lipinski definition) is 1. The predicted octanol–water partition coefficient (Wildman–Crippen LogP) is 1.91. The highest BCUT2D eigenvalue weighted by molar-refractivity contribution is 4.12. The standard InChI is InChI=1S/C4H10.CH4O2/c1-3-4-2;1-3-2/h3-4H2,1-2H3;2H,1H3. The molecule has 0 saturated heterocycles. The first-order valence-electron chi connectivity index (χ1n) is 2.51. The van der Waals surface area contributed by atoms with Gasteiger partial charge in [-0.05, 0) is 0 Å². The summed E-state index contributed by atoms with van der Waals surface area (Å²) in [5.41, 5.74) is 0. The van der Waals surface area contributed by atoms with E-state index < -0.39 is 0 Å². The van der Waals surface area contributed by atoms with Crippen molar-refractivity contribution in [2.75, 3.05) is 7.11 Å². The molecule has 0 radical (unpaired) electrons. The first-order chi connectivity index (χ1) is 3.33. The van der Waals surface area contributed by atoms with Crippen LogP contribution in [0.1, 0.15) is 26.7 Å². The molecular formula is C5H14O2. The Kier molecular flexibility index (Phi) is 24.1. The third-order valence-corrected chi connectivity index (χ3v) is 0.500. The second kappa shape index (κ2) is 16.8. The van der Waals surface area contributed by atoms with Gasteiger partial charge < -0.3 is 0 Å². The molecule has 1 N–H and O–H groups in total. The maximum atomic E-state index is 7.07. The minimum absolute atomic E-state index is 1.18. The second-order valence-corrected chi connectivity index (χ2v) is 1.18. The molecular weight excluding hydrogens is 92.1 g/mol. The van der Waals surface area contributed by atoms with Crippen molar-refractivity contribution in [3.05, 3.63) is 0 Å². The van der Waals surface area contributed by atoms with Gasteiger partial charge in [0, 0.05) is 0 Å². The van der Waals surface area contributed by atoms with Crippen molar-refractivity contribution in [1.29, 1.82) is 0 Å². The lowest BCUT2D eigenvalue weighted by atomic mass is 10.4. The quantitative estimate of drug-likeness (QED) is 0.408. The molecule has 0 bridgehead atoms. The molecule has 2 nitrogen and oxygen atoms in total. The summed E-state index contributed by atoms with van der Waals surface area (Å²) < 4.78 is 0. The largest absolute Gasteiger partial charge is 0.252 e. The summed E-state index contributed by atoms with van der Waals surface area (Å²) in [5.74, 6) is 0. The second-order valence-electron chi connectivity index (χ2n) is 1.18. The fourth-order valence-electron chi connectivity index (χ4n) is 0. The van der Waals surface area contributed by atoms with E-state index in [0.29, 0.717) is 0 Å². The van der Waals surface area contributed by atoms with Gasteiger partial charge in [-0.25, -0.2) is 4.89 Å². The van der Waals surface area contributed by atoms with Crippen LogP contribution in [-0.4, -0.2) is 12.4 Å². The van der Waals surface area contributed by atoms with Gasteiger partial charge in [0.1, 0.15) is 0 Å². The van der Waals surface area contributed by atoms with E-state index in [0.717, 1.165) is 0 Å². The Morgan fingerprint density at radius 3 is 1.43 bits per heavy atom. The third-order valence-electron chi connectivity index (χ3n) is 0.500. The smallest absolute Gasteiger partial charge is 0.0710 e. The SMILES string of the molecule is CCCC.COO. The molecule has 7 heavy (non-hydrogen) atoms. The van der Waals surface area contributed by atoms with Crippen molar-refractivity contribution < 1.29 is 10.1 Å². The zero-order chi connectivity index (χ0) is 6.12. The Morgan fingerprint density at radius 2 is 1.43 bits per heavy atom. The van der Waals surface area contributed by atoms with Crippen LogP contribution in [0.2, 0.25) is 0 Å². The van der Waals surface area contributed by atoms with Gasteiger partial charge in [0.2, 0.25) is 0 Å². The maximum Gasteiger partial charge on any atom is 0.0710 e. The molecule has 0 saturated carbocycles. The highest BCUT2D eigenvalue weighted by Gasteiger charge is 1.56. The fourth-order valence-corrected chi connectivity index (χ4v) is 0. The van der Waals surface area contributed by atoms with Crippen LogP contribution in [0.25, 0.3) is 0 Å². The zero-order valence-electron chi connectivity index (χ0n) is 5.27. The molecule has 0 amide bonds. The van der Waals surface area contributed by atoms with Crippen LogP contribution in [-0.2, 0) is 4.89 Å². The van der Waals surface area contributed by atoms with Gasteiger partial charge in [-0.2, -0.15) is 0 Å². The molecule has 0 spiro atoms. The average Bonchev–Trinajstić information content (AvgIpc) is 1.69. The monoisotopic (exact) mass is 106 g/mol. The van der Waals surface area contributed by atoms with E-state index in [2.05, 4.69) is 18.7 Å². The first-order valence-corrected chi connectivity index (χ1v) is 2.51. The highest BCUT2D eigenvalue weighted by Crippen LogP contribution is 1.76. The van der Waals surface area contributed by atoms with E-state index in [4.69, 9.17) is 5.26 Å². The lowest BCUT2D eigenvalue weighted by molar-refractivity contribution is -0.214.